The predicted octanol–water partition coefficient (Wildman–Crippen LogP) is 5.09. The number of primary amides is 1. The third-order valence-electron chi connectivity index (χ3n) is 4.64. The summed E-state index contributed by atoms with van der Waals surface area (Å²) in [6.45, 7) is 3.99. The van der Waals surface area contributed by atoms with E-state index < -0.39 is 5.91 Å². The van der Waals surface area contributed by atoms with Gasteiger partial charge in [-0.15, -0.1) is 11.3 Å². The average Bonchev–Trinajstić information content (AvgIpc) is 3.00. The van der Waals surface area contributed by atoms with Crippen molar-refractivity contribution in [3.05, 3.63) is 76.2 Å². The Morgan fingerprint density at radius 1 is 1.00 bits per heavy atom. The normalized spacial score (nSPS) is 10.6. The zero-order valence-electron chi connectivity index (χ0n) is 16.1. The van der Waals surface area contributed by atoms with E-state index in [1.807, 2.05) is 37.3 Å². The van der Waals surface area contributed by atoms with E-state index in [0.717, 1.165) is 28.8 Å². The Morgan fingerprint density at radius 3 is 2.32 bits per heavy atom. The summed E-state index contributed by atoms with van der Waals surface area (Å²) in [5, 5.41) is 3.43. The van der Waals surface area contributed by atoms with Crippen molar-refractivity contribution in [3.63, 3.8) is 0 Å². The second-order valence-electron chi connectivity index (χ2n) is 6.85. The van der Waals surface area contributed by atoms with E-state index >= 15 is 0 Å². The molecule has 1 aromatic heterocycles. The molecule has 0 spiro atoms. The van der Waals surface area contributed by atoms with Crippen molar-refractivity contribution in [2.75, 3.05) is 5.32 Å². The largest absolute Gasteiger partial charge is 0.365 e. The molecule has 0 aliphatic carbocycles. The van der Waals surface area contributed by atoms with Crippen molar-refractivity contribution in [1.82, 2.24) is 0 Å². The molecular formula is C23H24N2O2S. The molecule has 0 saturated carbocycles. The third-order valence-corrected chi connectivity index (χ3v) is 5.66. The van der Waals surface area contributed by atoms with Crippen LogP contribution >= 0.6 is 11.3 Å². The summed E-state index contributed by atoms with van der Waals surface area (Å²) in [5.41, 5.74) is 10.2. The molecule has 2 aromatic carbocycles. The topological polar surface area (TPSA) is 72.2 Å². The van der Waals surface area contributed by atoms with Crippen LogP contribution in [0.5, 0.6) is 0 Å². The van der Waals surface area contributed by atoms with Gasteiger partial charge in [-0.25, -0.2) is 0 Å². The second-order valence-corrected chi connectivity index (χ2v) is 8.08. The van der Waals surface area contributed by atoms with E-state index in [0.29, 0.717) is 17.0 Å². The standard InChI is InChI=1S/C23H24N2O2S/c1-15-11-13-17(14-12-15)7-6-10-19(26)25-23-21(22(24)27)20(16(2)28-23)18-8-4-3-5-9-18/h3-5,8-9,11-14H,6-7,10H2,1-2H3,(H2,24,27)(H,25,26). The molecule has 0 atom stereocenters. The Hall–Kier alpha value is -2.92. The Labute approximate surface area is 169 Å². The van der Waals surface area contributed by atoms with Gasteiger partial charge in [-0.2, -0.15) is 0 Å². The Bertz CT molecular complexity index is 976. The van der Waals surface area contributed by atoms with Gasteiger partial charge >= 0.3 is 0 Å². The van der Waals surface area contributed by atoms with Gasteiger partial charge in [0, 0.05) is 16.9 Å². The third kappa shape index (κ3) is 4.67. The van der Waals surface area contributed by atoms with Crippen LogP contribution in [0, 0.1) is 13.8 Å². The molecule has 144 valence electrons. The first-order valence-electron chi connectivity index (χ1n) is 9.29. The molecular weight excluding hydrogens is 368 g/mol. The highest BCUT2D eigenvalue weighted by Gasteiger charge is 2.22. The molecule has 0 fully saturated rings. The lowest BCUT2D eigenvalue weighted by molar-refractivity contribution is -0.116. The van der Waals surface area contributed by atoms with Crippen molar-refractivity contribution < 1.29 is 9.59 Å². The average molecular weight is 393 g/mol. The molecule has 4 nitrogen and oxygen atoms in total. The minimum Gasteiger partial charge on any atom is -0.365 e. The SMILES string of the molecule is Cc1ccc(CCCC(=O)Nc2sc(C)c(-c3ccccc3)c2C(N)=O)cc1. The van der Waals surface area contributed by atoms with E-state index in [9.17, 15) is 9.59 Å². The number of thiophene rings is 1. The molecule has 0 radical (unpaired) electrons. The van der Waals surface area contributed by atoms with Crippen LogP contribution in [0.3, 0.4) is 0 Å². The number of rotatable bonds is 7. The fraction of sp³-hybridized carbons (Fsp3) is 0.217. The lowest BCUT2D eigenvalue weighted by Gasteiger charge is -2.07. The number of nitrogens with two attached hydrogens (primary N) is 1. The van der Waals surface area contributed by atoms with E-state index in [1.165, 1.54) is 22.5 Å². The summed E-state index contributed by atoms with van der Waals surface area (Å²) in [7, 11) is 0. The fourth-order valence-corrected chi connectivity index (χ4v) is 4.31. The van der Waals surface area contributed by atoms with Crippen molar-refractivity contribution >= 4 is 28.2 Å². The molecule has 0 aliphatic rings. The lowest BCUT2D eigenvalue weighted by Crippen LogP contribution is -2.17. The number of aryl methyl sites for hydroxylation is 3. The van der Waals surface area contributed by atoms with Crippen LogP contribution in [0.15, 0.2) is 54.6 Å². The Morgan fingerprint density at radius 2 is 1.68 bits per heavy atom. The minimum absolute atomic E-state index is 0.101. The fourth-order valence-electron chi connectivity index (χ4n) is 3.22. The molecule has 0 aliphatic heterocycles. The number of carbonyl (C=O) groups excluding carboxylic acids is 2. The van der Waals surface area contributed by atoms with Crippen LogP contribution in [-0.4, -0.2) is 11.8 Å². The smallest absolute Gasteiger partial charge is 0.252 e. The summed E-state index contributed by atoms with van der Waals surface area (Å²) >= 11 is 1.39. The van der Waals surface area contributed by atoms with Crippen molar-refractivity contribution in [2.45, 2.75) is 33.1 Å². The number of benzene rings is 2. The van der Waals surface area contributed by atoms with Crippen molar-refractivity contribution in [1.29, 1.82) is 0 Å². The zero-order valence-corrected chi connectivity index (χ0v) is 16.9. The van der Waals surface area contributed by atoms with Gasteiger partial charge in [-0.05, 0) is 37.8 Å². The van der Waals surface area contributed by atoms with Gasteiger partial charge in [0.15, 0.2) is 0 Å². The zero-order chi connectivity index (χ0) is 20.1. The van der Waals surface area contributed by atoms with Crippen LogP contribution < -0.4 is 11.1 Å². The maximum Gasteiger partial charge on any atom is 0.252 e. The second kappa shape index (κ2) is 8.85. The highest BCUT2D eigenvalue weighted by Crippen LogP contribution is 2.39. The Balaban J connectivity index is 1.70. The van der Waals surface area contributed by atoms with Crippen LogP contribution in [0.25, 0.3) is 11.1 Å². The van der Waals surface area contributed by atoms with Gasteiger partial charge in [0.2, 0.25) is 5.91 Å². The van der Waals surface area contributed by atoms with Crippen molar-refractivity contribution in [3.8, 4) is 11.1 Å². The van der Waals surface area contributed by atoms with Gasteiger partial charge in [0.1, 0.15) is 5.00 Å². The molecule has 2 amide bonds. The summed E-state index contributed by atoms with van der Waals surface area (Å²) in [5.74, 6) is -0.631. The van der Waals surface area contributed by atoms with Gasteiger partial charge in [-0.3, -0.25) is 9.59 Å². The van der Waals surface area contributed by atoms with Crippen LogP contribution in [-0.2, 0) is 11.2 Å². The molecule has 3 rings (SSSR count). The maximum absolute atomic E-state index is 12.4. The first kappa shape index (κ1) is 19.8. The number of hydrogen-bond donors (Lipinski definition) is 2. The predicted molar refractivity (Wildman–Crippen MR) is 116 cm³/mol. The van der Waals surface area contributed by atoms with Crippen LogP contribution in [0.1, 0.15) is 39.2 Å². The molecule has 28 heavy (non-hydrogen) atoms. The molecule has 3 N–H and O–H groups in total. The summed E-state index contributed by atoms with van der Waals surface area (Å²) in [6.07, 6.45) is 1.98. The number of hydrogen-bond acceptors (Lipinski definition) is 3. The molecule has 5 heteroatoms. The molecule has 1 heterocycles. The first-order chi connectivity index (χ1) is 13.5. The van der Waals surface area contributed by atoms with E-state index in [2.05, 4.69) is 36.5 Å². The van der Waals surface area contributed by atoms with E-state index in [1.54, 1.807) is 0 Å². The highest BCUT2D eigenvalue weighted by molar-refractivity contribution is 7.17. The monoisotopic (exact) mass is 392 g/mol. The Kier molecular flexibility index (Phi) is 6.26. The number of carbonyl (C=O) groups is 2. The van der Waals surface area contributed by atoms with Crippen molar-refractivity contribution in [2.24, 2.45) is 5.73 Å². The minimum atomic E-state index is -0.529. The molecule has 3 aromatic rings. The number of anilines is 1. The van der Waals surface area contributed by atoms with Gasteiger partial charge < -0.3 is 11.1 Å². The molecule has 0 saturated heterocycles. The van der Waals surface area contributed by atoms with Crippen LogP contribution in [0.4, 0.5) is 5.00 Å². The first-order valence-corrected chi connectivity index (χ1v) is 10.1. The quantitative estimate of drug-likeness (QED) is 0.588. The van der Waals surface area contributed by atoms with Crippen LogP contribution in [0.2, 0.25) is 0 Å². The van der Waals surface area contributed by atoms with E-state index in [-0.39, 0.29) is 5.91 Å². The highest BCUT2D eigenvalue weighted by atomic mass is 32.1. The summed E-state index contributed by atoms with van der Waals surface area (Å²) < 4.78 is 0. The maximum atomic E-state index is 12.4. The summed E-state index contributed by atoms with van der Waals surface area (Å²) in [4.78, 5) is 25.5. The van der Waals surface area contributed by atoms with E-state index in [4.69, 9.17) is 5.73 Å². The van der Waals surface area contributed by atoms with Gasteiger partial charge in [0.25, 0.3) is 5.91 Å². The molecule has 0 unspecified atom stereocenters. The number of nitrogens with one attached hydrogen (secondary N) is 1. The summed E-state index contributed by atoms with van der Waals surface area (Å²) in [6, 6.07) is 18.0. The number of amides is 2. The molecule has 0 bridgehead atoms. The van der Waals surface area contributed by atoms with Gasteiger partial charge in [0.05, 0.1) is 5.56 Å². The lowest BCUT2D eigenvalue weighted by atomic mass is 10.0. The van der Waals surface area contributed by atoms with Gasteiger partial charge in [-0.1, -0.05) is 60.2 Å².